The van der Waals surface area contributed by atoms with Crippen molar-refractivity contribution in [2.75, 3.05) is 37.8 Å². The fraction of sp³-hybridized carbons (Fsp3) is 0.500. The number of hydrogen-bond acceptors (Lipinski definition) is 20. The Kier molecular flexibility index (Phi) is 15.6. The van der Waals surface area contributed by atoms with Crippen LogP contribution in [0.15, 0.2) is 30.9 Å². The van der Waals surface area contributed by atoms with E-state index in [4.69, 9.17) is 19.5 Å². The molecule has 2 amide bonds. The SMILES string of the molecule is CC(C)(COP(=O)(O)OP(=O)(O)OC[C@H]1O[C@@H](n2cnc3c(N)ncnc32)[C@H](O)[C@@H]1OP(=O)(O)O)[C@@H](O)C(=O)NCCC(=O)NCCSC(=O)c1ccc(O)c(O)c1. The fourth-order valence-electron chi connectivity index (χ4n) is 5.01. The fourth-order valence-corrected chi connectivity index (χ4v) is 8.52. The van der Waals surface area contributed by atoms with Crippen molar-refractivity contribution in [1.29, 1.82) is 0 Å². The first kappa shape index (κ1) is 47.1. The maximum Gasteiger partial charge on any atom is 0.481 e. The lowest BCUT2D eigenvalue weighted by molar-refractivity contribution is -0.137. The molecule has 1 aliphatic rings. The van der Waals surface area contributed by atoms with Crippen molar-refractivity contribution in [1.82, 2.24) is 30.2 Å². The van der Waals surface area contributed by atoms with E-state index in [1.807, 2.05) is 0 Å². The van der Waals surface area contributed by atoms with Crippen LogP contribution in [0.1, 0.15) is 36.9 Å². The number of benzene rings is 1. The molecular weight excluding hydrogens is 863 g/mol. The Morgan fingerprint density at radius 3 is 2.38 bits per heavy atom. The van der Waals surface area contributed by atoms with Gasteiger partial charge in [0.25, 0.3) is 0 Å². The molecule has 3 heterocycles. The van der Waals surface area contributed by atoms with Gasteiger partial charge in [-0.1, -0.05) is 25.6 Å². The lowest BCUT2D eigenvalue weighted by atomic mass is 9.87. The molecule has 0 radical (unpaired) electrons. The summed E-state index contributed by atoms with van der Waals surface area (Å²) in [5.74, 6) is -2.28. The van der Waals surface area contributed by atoms with E-state index in [9.17, 15) is 68.1 Å². The van der Waals surface area contributed by atoms with Crippen molar-refractivity contribution < 1.29 is 90.7 Å². The Labute approximate surface area is 331 Å². The zero-order valence-corrected chi connectivity index (χ0v) is 33.7. The molecule has 2 aromatic heterocycles. The van der Waals surface area contributed by atoms with Crippen LogP contribution in [0.4, 0.5) is 5.82 Å². The average Bonchev–Trinajstić information content (AvgIpc) is 3.69. The first-order valence-electron chi connectivity index (χ1n) is 16.5. The first-order chi connectivity index (χ1) is 26.9. The Morgan fingerprint density at radius 1 is 1.02 bits per heavy atom. The second-order valence-corrected chi connectivity index (χ2v) is 18.2. The minimum atomic E-state index is -5.59. The molecule has 1 aromatic carbocycles. The van der Waals surface area contributed by atoms with E-state index >= 15 is 0 Å². The number of anilines is 1. The number of amides is 2. The molecule has 1 aliphatic heterocycles. The van der Waals surface area contributed by atoms with Gasteiger partial charge in [-0.2, -0.15) is 4.31 Å². The second kappa shape index (κ2) is 19.2. The summed E-state index contributed by atoms with van der Waals surface area (Å²) in [7, 11) is -16.5. The van der Waals surface area contributed by atoms with Gasteiger partial charge in [-0.15, -0.1) is 0 Å². The lowest BCUT2D eigenvalue weighted by Crippen LogP contribution is -2.46. The summed E-state index contributed by atoms with van der Waals surface area (Å²) in [4.78, 5) is 87.8. The van der Waals surface area contributed by atoms with Crippen molar-refractivity contribution in [2.24, 2.45) is 5.41 Å². The standard InChI is InChI=1S/C28H40N7O19P3S/c1-28(2,22(40)25(41)31-6-5-18(38)30-7-8-58-27(42)14-3-4-15(36)16(37)9-14)11-51-57(48,49)54-56(46,47)50-10-17-21(53-55(43,44)45)20(39)26(52-17)35-13-34-19-23(29)32-12-33-24(19)35/h3-4,9,12-13,17,20-22,26,36-37,39-40H,5-8,10-11H2,1-2H3,(H,30,38)(H,31,41)(H,46,47)(H,48,49)(H2,29,32,33)(H2,43,44,45)/t17-,20-,21-,22+,26-/m1/s1. The van der Waals surface area contributed by atoms with Crippen LogP contribution in [0.3, 0.4) is 0 Å². The molecule has 58 heavy (non-hydrogen) atoms. The number of fused-ring (bicyclic) bond motifs is 1. The molecular formula is C28H40N7O19P3S. The lowest BCUT2D eigenvalue weighted by Gasteiger charge is -2.30. The number of phosphoric acid groups is 3. The summed E-state index contributed by atoms with van der Waals surface area (Å²) in [5.41, 5.74) is 4.34. The molecule has 0 spiro atoms. The number of hydrogen-bond donors (Lipinski definition) is 11. The quantitative estimate of drug-likeness (QED) is 0.0383. The summed E-state index contributed by atoms with van der Waals surface area (Å²) < 4.78 is 62.0. The van der Waals surface area contributed by atoms with Gasteiger partial charge in [0.15, 0.2) is 29.2 Å². The van der Waals surface area contributed by atoms with Crippen molar-refractivity contribution in [3.63, 3.8) is 0 Å². The molecule has 30 heteroatoms. The smallest absolute Gasteiger partial charge is 0.481 e. The Hall–Kier alpha value is -3.62. The number of rotatable bonds is 20. The molecule has 2 unspecified atom stereocenters. The number of thioether (sulfide) groups is 1. The maximum absolute atomic E-state index is 12.7. The molecule has 4 rings (SSSR count). The minimum Gasteiger partial charge on any atom is -0.504 e. The molecule has 1 fully saturated rings. The zero-order chi connectivity index (χ0) is 43.2. The number of aromatic nitrogens is 4. The van der Waals surface area contributed by atoms with E-state index in [0.717, 1.165) is 41.1 Å². The average molecular weight is 904 g/mol. The van der Waals surface area contributed by atoms with Crippen LogP contribution < -0.4 is 16.4 Å². The van der Waals surface area contributed by atoms with Gasteiger partial charge in [0.1, 0.15) is 36.3 Å². The number of nitrogen functional groups attached to an aromatic ring is 1. The zero-order valence-electron chi connectivity index (χ0n) is 30.2. The number of nitrogens with two attached hydrogens (primary N) is 1. The molecule has 0 saturated carbocycles. The highest BCUT2D eigenvalue weighted by Crippen LogP contribution is 2.61. The third kappa shape index (κ3) is 12.9. The number of carbonyl (C=O) groups excluding carboxylic acids is 3. The summed E-state index contributed by atoms with van der Waals surface area (Å²) in [5, 5.41) is 44.7. The van der Waals surface area contributed by atoms with Crippen LogP contribution in [-0.4, -0.2) is 133 Å². The number of phenolic OH excluding ortho intramolecular Hbond substituents is 2. The number of nitrogens with one attached hydrogen (secondary N) is 2. The summed E-state index contributed by atoms with van der Waals surface area (Å²) in [6.45, 7) is 0.192. The number of ether oxygens (including phenoxy) is 1. The van der Waals surface area contributed by atoms with Gasteiger partial charge in [-0.3, -0.25) is 32.5 Å². The van der Waals surface area contributed by atoms with Crippen LogP contribution in [0.25, 0.3) is 11.2 Å². The minimum absolute atomic E-state index is 0.0194. The van der Waals surface area contributed by atoms with Crippen LogP contribution in [0.5, 0.6) is 11.5 Å². The van der Waals surface area contributed by atoms with Crippen molar-refractivity contribution in [3.05, 3.63) is 36.4 Å². The topological polar surface area (TPSA) is 404 Å². The largest absolute Gasteiger partial charge is 0.504 e. The Bertz CT molecular complexity index is 2120. The number of imidazole rings is 1. The van der Waals surface area contributed by atoms with E-state index in [2.05, 4.69) is 34.4 Å². The molecule has 7 atom stereocenters. The van der Waals surface area contributed by atoms with Gasteiger partial charge in [-0.25, -0.2) is 28.6 Å². The van der Waals surface area contributed by atoms with Gasteiger partial charge in [0.05, 0.1) is 19.5 Å². The third-order valence-corrected chi connectivity index (χ3v) is 12.0. The van der Waals surface area contributed by atoms with E-state index in [1.165, 1.54) is 19.9 Å². The number of phenols is 2. The highest BCUT2D eigenvalue weighted by atomic mass is 32.2. The molecule has 322 valence electrons. The van der Waals surface area contributed by atoms with Crippen molar-refractivity contribution >= 4 is 69.1 Å². The van der Waals surface area contributed by atoms with Crippen molar-refractivity contribution in [3.8, 4) is 11.5 Å². The van der Waals surface area contributed by atoms with Crippen LogP contribution in [-0.2, 0) is 45.9 Å². The normalized spacial score (nSPS) is 21.2. The van der Waals surface area contributed by atoms with Gasteiger partial charge in [0.2, 0.25) is 16.9 Å². The first-order valence-corrected chi connectivity index (χ1v) is 22.0. The summed E-state index contributed by atoms with van der Waals surface area (Å²) in [6.07, 6.45) is -7.10. The van der Waals surface area contributed by atoms with E-state index < -0.39 is 95.4 Å². The predicted molar refractivity (Wildman–Crippen MR) is 196 cm³/mol. The summed E-state index contributed by atoms with van der Waals surface area (Å²) in [6, 6.07) is 3.57. The van der Waals surface area contributed by atoms with E-state index in [1.54, 1.807) is 0 Å². The highest BCUT2D eigenvalue weighted by Gasteiger charge is 2.50. The number of aliphatic hydroxyl groups is 2. The summed E-state index contributed by atoms with van der Waals surface area (Å²) >= 11 is 0.845. The highest BCUT2D eigenvalue weighted by molar-refractivity contribution is 8.14. The number of aliphatic hydroxyl groups excluding tert-OH is 2. The molecule has 1 saturated heterocycles. The molecule has 12 N–H and O–H groups in total. The van der Waals surface area contributed by atoms with Gasteiger partial charge < -0.3 is 61.1 Å². The van der Waals surface area contributed by atoms with Crippen LogP contribution in [0.2, 0.25) is 0 Å². The Balaban J connectivity index is 1.22. The molecule has 0 bridgehead atoms. The molecule has 0 aliphatic carbocycles. The number of nitrogens with zero attached hydrogens (tertiary/aromatic N) is 4. The van der Waals surface area contributed by atoms with Crippen molar-refractivity contribution in [2.45, 2.75) is 50.9 Å². The van der Waals surface area contributed by atoms with Crippen LogP contribution >= 0.6 is 35.2 Å². The Morgan fingerprint density at radius 2 is 1.71 bits per heavy atom. The third-order valence-electron chi connectivity index (χ3n) is 7.95. The monoisotopic (exact) mass is 903 g/mol. The molecule has 3 aromatic rings. The van der Waals surface area contributed by atoms with E-state index in [-0.39, 0.29) is 53.6 Å². The van der Waals surface area contributed by atoms with Gasteiger partial charge in [-0.05, 0) is 18.2 Å². The second-order valence-electron chi connectivity index (χ2n) is 12.9. The van der Waals surface area contributed by atoms with Crippen LogP contribution in [0, 0.1) is 5.41 Å². The van der Waals surface area contributed by atoms with Gasteiger partial charge in [0, 0.05) is 36.2 Å². The molecule has 26 nitrogen and oxygen atoms in total. The maximum atomic E-state index is 12.7. The number of carbonyl (C=O) groups is 3. The number of aromatic hydroxyl groups is 2. The van der Waals surface area contributed by atoms with E-state index in [0.29, 0.717) is 0 Å². The predicted octanol–water partition coefficient (Wildman–Crippen LogP) is -0.610. The van der Waals surface area contributed by atoms with Gasteiger partial charge >= 0.3 is 23.5 Å². The number of phosphoric ester groups is 3.